The van der Waals surface area contributed by atoms with Gasteiger partial charge < -0.3 is 19.5 Å². The van der Waals surface area contributed by atoms with Crippen LogP contribution in [0.2, 0.25) is 0 Å². The minimum atomic E-state index is -1.17. The first kappa shape index (κ1) is 23.4. The van der Waals surface area contributed by atoms with Crippen LogP contribution in [0.25, 0.3) is 0 Å². The summed E-state index contributed by atoms with van der Waals surface area (Å²) in [5.41, 5.74) is -0.464. The van der Waals surface area contributed by atoms with E-state index in [0.29, 0.717) is 5.69 Å². The first-order valence-corrected chi connectivity index (χ1v) is 9.15. The molecule has 1 rings (SSSR count). The van der Waals surface area contributed by atoms with E-state index in [-0.39, 0.29) is 24.1 Å². The Morgan fingerprint density at radius 2 is 1.82 bits per heavy atom. The number of nitrogens with zero attached hydrogens (tertiary/aromatic N) is 2. The normalized spacial score (nSPS) is 13.6. The van der Waals surface area contributed by atoms with Crippen molar-refractivity contribution >= 4 is 18.0 Å². The second kappa shape index (κ2) is 9.52. The number of carboxylic acids is 1. The summed E-state index contributed by atoms with van der Waals surface area (Å²) in [6.45, 7) is 10.5. The number of carbonyl (C=O) groups excluding carboxylic acids is 2. The Morgan fingerprint density at radius 1 is 1.21 bits per heavy atom. The number of hydrogen-bond acceptors (Lipinski definition) is 6. The molecule has 0 aliphatic heterocycles. The van der Waals surface area contributed by atoms with Crippen LogP contribution in [-0.2, 0) is 14.3 Å². The molecule has 2 atom stereocenters. The Bertz CT molecular complexity index is 711. The highest BCUT2D eigenvalue weighted by atomic mass is 16.6. The fourth-order valence-electron chi connectivity index (χ4n) is 2.75. The molecule has 28 heavy (non-hydrogen) atoms. The molecular formula is C20H30N2O6. The maximum atomic E-state index is 12.5. The molecule has 0 aliphatic carbocycles. The van der Waals surface area contributed by atoms with Crippen LogP contribution in [0.15, 0.2) is 18.2 Å². The Hall–Kier alpha value is -2.64. The second-order valence-electron chi connectivity index (χ2n) is 7.99. The lowest BCUT2D eigenvalue weighted by atomic mass is 9.95. The van der Waals surface area contributed by atoms with Gasteiger partial charge in [-0.3, -0.25) is 4.79 Å². The molecule has 1 heterocycles. The number of ether oxygens (including phenoxy) is 2. The van der Waals surface area contributed by atoms with Crippen molar-refractivity contribution in [1.82, 2.24) is 9.88 Å². The monoisotopic (exact) mass is 394 g/mol. The number of esters is 1. The van der Waals surface area contributed by atoms with E-state index < -0.39 is 29.7 Å². The van der Waals surface area contributed by atoms with Crippen LogP contribution in [0.1, 0.15) is 70.2 Å². The number of rotatable bonds is 7. The summed E-state index contributed by atoms with van der Waals surface area (Å²) in [5.74, 6) is -1.66. The number of carboxylic acid groups (broad SMARTS) is 1. The molecule has 0 fully saturated rings. The lowest BCUT2D eigenvalue weighted by molar-refractivity contribution is -0.148. The van der Waals surface area contributed by atoms with Crippen molar-refractivity contribution in [1.29, 1.82) is 0 Å². The van der Waals surface area contributed by atoms with Gasteiger partial charge in [-0.15, -0.1) is 0 Å². The summed E-state index contributed by atoms with van der Waals surface area (Å²) >= 11 is 0. The van der Waals surface area contributed by atoms with Gasteiger partial charge in [0, 0.05) is 26.4 Å². The number of aromatic nitrogens is 1. The molecule has 1 aromatic rings. The van der Waals surface area contributed by atoms with Crippen molar-refractivity contribution in [2.45, 2.75) is 65.7 Å². The average Bonchev–Trinajstić information content (AvgIpc) is 2.55. The second-order valence-corrected chi connectivity index (χ2v) is 7.99. The molecule has 0 aliphatic rings. The van der Waals surface area contributed by atoms with Crippen LogP contribution >= 0.6 is 0 Å². The number of hydrogen-bond donors (Lipinski definition) is 1. The van der Waals surface area contributed by atoms with Gasteiger partial charge in [-0.05, 0) is 38.8 Å². The van der Waals surface area contributed by atoms with Crippen molar-refractivity contribution in [3.63, 3.8) is 0 Å². The van der Waals surface area contributed by atoms with Gasteiger partial charge in [0.15, 0.2) is 0 Å². The molecule has 0 bridgehead atoms. The van der Waals surface area contributed by atoms with E-state index in [9.17, 15) is 19.5 Å². The zero-order valence-corrected chi connectivity index (χ0v) is 17.6. The largest absolute Gasteiger partial charge is 0.477 e. The van der Waals surface area contributed by atoms with E-state index in [4.69, 9.17) is 9.47 Å². The predicted molar refractivity (Wildman–Crippen MR) is 103 cm³/mol. The lowest BCUT2D eigenvalue weighted by Crippen LogP contribution is -2.44. The molecule has 0 unspecified atom stereocenters. The van der Waals surface area contributed by atoms with Gasteiger partial charge in [0.05, 0.1) is 5.69 Å². The number of carbonyl (C=O) groups is 3. The van der Waals surface area contributed by atoms with E-state index >= 15 is 0 Å². The van der Waals surface area contributed by atoms with Crippen LogP contribution in [0.5, 0.6) is 0 Å². The van der Waals surface area contributed by atoms with E-state index in [1.165, 1.54) is 17.9 Å². The fourth-order valence-corrected chi connectivity index (χ4v) is 2.75. The van der Waals surface area contributed by atoms with Gasteiger partial charge >= 0.3 is 18.0 Å². The SMILES string of the molecule is CC(=O)O[C@H](C[C@H](C(C)C)N(C)C(=O)OC(C)(C)C)c1cccc(C(=O)O)n1. The molecule has 8 heteroatoms. The molecule has 0 aromatic carbocycles. The zero-order valence-electron chi connectivity index (χ0n) is 17.6. The molecule has 1 N–H and O–H groups in total. The van der Waals surface area contributed by atoms with E-state index in [1.807, 2.05) is 13.8 Å². The quantitative estimate of drug-likeness (QED) is 0.703. The van der Waals surface area contributed by atoms with Gasteiger partial charge in [0.2, 0.25) is 0 Å². The highest BCUT2D eigenvalue weighted by molar-refractivity contribution is 5.85. The molecule has 156 valence electrons. The molecule has 1 aromatic heterocycles. The smallest absolute Gasteiger partial charge is 0.410 e. The fraction of sp³-hybridized carbons (Fsp3) is 0.600. The highest BCUT2D eigenvalue weighted by Crippen LogP contribution is 2.28. The molecule has 0 spiro atoms. The van der Waals surface area contributed by atoms with Crippen LogP contribution in [0, 0.1) is 5.92 Å². The van der Waals surface area contributed by atoms with Crippen LogP contribution in [0.4, 0.5) is 4.79 Å². The Balaban J connectivity index is 3.16. The molecule has 8 nitrogen and oxygen atoms in total. The van der Waals surface area contributed by atoms with E-state index in [2.05, 4.69) is 4.98 Å². The molecule has 0 saturated heterocycles. The maximum Gasteiger partial charge on any atom is 0.410 e. The minimum Gasteiger partial charge on any atom is -0.477 e. The Labute approximate surface area is 165 Å². The highest BCUT2D eigenvalue weighted by Gasteiger charge is 2.31. The Kier molecular flexibility index (Phi) is 7.96. The summed E-state index contributed by atoms with van der Waals surface area (Å²) < 4.78 is 10.8. The van der Waals surface area contributed by atoms with Crippen molar-refractivity contribution in [3.05, 3.63) is 29.6 Å². The van der Waals surface area contributed by atoms with Crippen LogP contribution in [-0.4, -0.2) is 51.7 Å². The van der Waals surface area contributed by atoms with Gasteiger partial charge in [0.25, 0.3) is 0 Å². The third-order valence-electron chi connectivity index (χ3n) is 4.03. The maximum absolute atomic E-state index is 12.5. The van der Waals surface area contributed by atoms with Gasteiger partial charge in [-0.2, -0.15) is 0 Å². The van der Waals surface area contributed by atoms with E-state index in [1.54, 1.807) is 40.0 Å². The van der Waals surface area contributed by atoms with Gasteiger partial charge in [-0.25, -0.2) is 14.6 Å². The van der Waals surface area contributed by atoms with Crippen molar-refractivity contribution in [2.24, 2.45) is 5.92 Å². The van der Waals surface area contributed by atoms with E-state index in [0.717, 1.165) is 0 Å². The number of pyridine rings is 1. The average molecular weight is 394 g/mol. The summed E-state index contributed by atoms with van der Waals surface area (Å²) in [5, 5.41) is 9.17. The summed E-state index contributed by atoms with van der Waals surface area (Å²) in [6.07, 6.45) is -1.03. The summed E-state index contributed by atoms with van der Waals surface area (Å²) in [7, 11) is 1.63. The van der Waals surface area contributed by atoms with Crippen LogP contribution in [0.3, 0.4) is 0 Å². The lowest BCUT2D eigenvalue weighted by Gasteiger charge is -2.34. The third kappa shape index (κ3) is 7.17. The standard InChI is InChI=1S/C20H30N2O6/c1-12(2)16(22(7)19(26)28-20(4,5)6)11-17(27-13(3)23)14-9-8-10-15(21-14)18(24)25/h8-10,12,16-17H,11H2,1-7H3,(H,24,25)/t16-,17-/m1/s1. The van der Waals surface area contributed by atoms with Crippen LogP contribution < -0.4 is 0 Å². The van der Waals surface area contributed by atoms with Crippen molar-refractivity contribution in [2.75, 3.05) is 7.05 Å². The first-order valence-electron chi connectivity index (χ1n) is 9.15. The van der Waals surface area contributed by atoms with Gasteiger partial charge in [-0.1, -0.05) is 19.9 Å². The molecular weight excluding hydrogens is 364 g/mol. The third-order valence-corrected chi connectivity index (χ3v) is 4.03. The molecule has 1 amide bonds. The van der Waals surface area contributed by atoms with Gasteiger partial charge in [0.1, 0.15) is 17.4 Å². The number of aromatic carboxylic acids is 1. The number of amides is 1. The summed E-state index contributed by atoms with van der Waals surface area (Å²) in [6, 6.07) is 4.19. The zero-order chi connectivity index (χ0) is 21.6. The Morgan fingerprint density at radius 3 is 2.29 bits per heavy atom. The molecule has 0 radical (unpaired) electrons. The topological polar surface area (TPSA) is 106 Å². The first-order chi connectivity index (χ1) is 12.8. The molecule has 0 saturated carbocycles. The predicted octanol–water partition coefficient (Wildman–Crippen LogP) is 3.67. The van der Waals surface area contributed by atoms with Crippen molar-refractivity contribution in [3.8, 4) is 0 Å². The minimum absolute atomic E-state index is 0.0261. The summed E-state index contributed by atoms with van der Waals surface area (Å²) in [4.78, 5) is 40.9. The van der Waals surface area contributed by atoms with Crippen molar-refractivity contribution < 1.29 is 29.0 Å².